The molecule has 0 aliphatic heterocycles. The van der Waals surface area contributed by atoms with E-state index in [4.69, 9.17) is 9.47 Å². The molecule has 5 heteroatoms. The number of hydrogen-bond acceptors (Lipinski definition) is 5. The molecule has 1 aromatic carbocycles. The second kappa shape index (κ2) is 8.87. The van der Waals surface area contributed by atoms with Crippen LogP contribution in [0.2, 0.25) is 0 Å². The molecule has 0 fully saturated rings. The minimum absolute atomic E-state index is 0.0325. The first-order chi connectivity index (χ1) is 9.53. The Labute approximate surface area is 120 Å². The van der Waals surface area contributed by atoms with Gasteiger partial charge in [0.05, 0.1) is 24.5 Å². The summed E-state index contributed by atoms with van der Waals surface area (Å²) in [4.78, 5) is 14.9. The highest BCUT2D eigenvalue weighted by molar-refractivity contribution is 5.85. The van der Waals surface area contributed by atoms with E-state index in [1.807, 2.05) is 13.8 Å². The van der Waals surface area contributed by atoms with Crippen LogP contribution in [0.1, 0.15) is 29.8 Å². The number of aliphatic imine (C=N–C) groups is 1. The van der Waals surface area contributed by atoms with Crippen LogP contribution >= 0.6 is 0 Å². The molecule has 0 aliphatic carbocycles. The second-order valence-electron chi connectivity index (χ2n) is 3.98. The molecule has 20 heavy (non-hydrogen) atoms. The van der Waals surface area contributed by atoms with Gasteiger partial charge in [0.15, 0.2) is 6.29 Å². The van der Waals surface area contributed by atoms with E-state index in [9.17, 15) is 4.79 Å². The fourth-order valence-corrected chi connectivity index (χ4v) is 1.50. The quantitative estimate of drug-likeness (QED) is 0.493. The van der Waals surface area contributed by atoms with Gasteiger partial charge in [-0.05, 0) is 39.7 Å². The van der Waals surface area contributed by atoms with Crippen LogP contribution in [0.3, 0.4) is 0 Å². The first kappa shape index (κ1) is 17.9. The number of benzene rings is 1. The van der Waals surface area contributed by atoms with Gasteiger partial charge in [0.25, 0.3) is 0 Å². The topological polar surface area (TPSA) is 73.9 Å². The molecule has 0 saturated heterocycles. The third-order valence-electron chi connectivity index (χ3n) is 2.33. The maximum atomic E-state index is 11.0. The lowest BCUT2D eigenvalue weighted by Crippen LogP contribution is -2.08. The van der Waals surface area contributed by atoms with E-state index in [1.165, 1.54) is 14.2 Å². The third kappa shape index (κ3) is 4.51. The van der Waals surface area contributed by atoms with E-state index in [0.29, 0.717) is 28.3 Å². The van der Waals surface area contributed by atoms with Gasteiger partial charge in [-0.3, -0.25) is 9.79 Å². The lowest BCUT2D eigenvalue weighted by molar-refractivity contribution is 0.111. The van der Waals surface area contributed by atoms with E-state index in [0.717, 1.165) is 6.29 Å². The monoisotopic (exact) mass is 278 g/mol. The summed E-state index contributed by atoms with van der Waals surface area (Å²) in [6.07, 6.45) is 0.695. The maximum Gasteiger partial charge on any atom is 0.153 e. The number of aldehydes is 1. The minimum Gasteiger partial charge on any atom is -0.497 e. The van der Waals surface area contributed by atoms with Crippen molar-refractivity contribution in [2.75, 3.05) is 14.2 Å². The third-order valence-corrected chi connectivity index (χ3v) is 2.33. The first-order valence-electron chi connectivity index (χ1n) is 6.11. The van der Waals surface area contributed by atoms with Gasteiger partial charge in [0.2, 0.25) is 0 Å². The summed E-state index contributed by atoms with van der Waals surface area (Å²) >= 11 is 0. The van der Waals surface area contributed by atoms with E-state index in [-0.39, 0.29) is 6.10 Å². The largest absolute Gasteiger partial charge is 0.497 e. The molecule has 0 radical (unpaired) electrons. The Hall–Kier alpha value is -2.14. The van der Waals surface area contributed by atoms with E-state index in [1.54, 1.807) is 12.1 Å². The lowest BCUT2D eigenvalue weighted by atomic mass is 10.1. The van der Waals surface area contributed by atoms with E-state index >= 15 is 0 Å². The van der Waals surface area contributed by atoms with Crippen molar-refractivity contribution in [3.63, 3.8) is 0 Å². The van der Waals surface area contributed by atoms with Gasteiger partial charge in [0.1, 0.15) is 11.5 Å². The number of nitrogens with two attached hydrogens (primary N) is 1. The predicted molar refractivity (Wildman–Crippen MR) is 83.0 cm³/mol. The zero-order valence-electron chi connectivity index (χ0n) is 12.5. The zero-order valence-corrected chi connectivity index (χ0v) is 12.5. The van der Waals surface area contributed by atoms with Crippen molar-refractivity contribution in [1.29, 1.82) is 0 Å². The van der Waals surface area contributed by atoms with Crippen LogP contribution in [0.4, 0.5) is 5.69 Å². The molecule has 0 saturated carbocycles. The average Bonchev–Trinajstić information content (AvgIpc) is 2.47. The highest BCUT2D eigenvalue weighted by Crippen LogP contribution is 2.33. The van der Waals surface area contributed by atoms with Crippen molar-refractivity contribution in [1.82, 2.24) is 0 Å². The summed E-state index contributed by atoms with van der Waals surface area (Å²) in [5, 5.41) is 0. The number of rotatable bonds is 6. The van der Waals surface area contributed by atoms with Gasteiger partial charge < -0.3 is 15.2 Å². The van der Waals surface area contributed by atoms with Gasteiger partial charge >= 0.3 is 0 Å². The molecule has 0 bridgehead atoms. The summed E-state index contributed by atoms with van der Waals surface area (Å²) in [5.74, 6) is 0.934. The number of nitrogens with zero attached hydrogens (tertiary/aromatic N) is 1. The highest BCUT2D eigenvalue weighted by atomic mass is 16.5. The molecule has 1 aromatic rings. The second-order valence-corrected chi connectivity index (χ2v) is 3.98. The molecule has 1 rings (SSSR count). The number of carbonyl (C=O) groups is 1. The Kier molecular flexibility index (Phi) is 7.93. The Morgan fingerprint density at radius 2 is 2.00 bits per heavy atom. The average molecular weight is 278 g/mol. The molecule has 0 aliphatic rings. The van der Waals surface area contributed by atoms with Crippen molar-refractivity contribution in [2.24, 2.45) is 10.7 Å². The summed E-state index contributed by atoms with van der Waals surface area (Å²) in [6.45, 7) is 11.0. The molecule has 2 N–H and O–H groups in total. The Morgan fingerprint density at radius 1 is 1.40 bits per heavy atom. The molecule has 0 atom stereocenters. The summed E-state index contributed by atoms with van der Waals surface area (Å²) in [6, 6.07) is 3.30. The van der Waals surface area contributed by atoms with Crippen LogP contribution in [0, 0.1) is 0 Å². The van der Waals surface area contributed by atoms with Crippen LogP contribution in [0.15, 0.2) is 23.7 Å². The molecule has 5 nitrogen and oxygen atoms in total. The van der Waals surface area contributed by atoms with Crippen molar-refractivity contribution >= 4 is 24.5 Å². The molecular formula is C15H22N2O3. The zero-order chi connectivity index (χ0) is 15.7. The molecule has 110 valence electrons. The summed E-state index contributed by atoms with van der Waals surface area (Å²) in [5.41, 5.74) is 6.13. The van der Waals surface area contributed by atoms with Gasteiger partial charge in [0, 0.05) is 5.56 Å². The Bertz CT molecular complexity index is 482. The number of carbonyl (C=O) groups excluding carboxylic acids is 1. The van der Waals surface area contributed by atoms with E-state index < -0.39 is 0 Å². The smallest absolute Gasteiger partial charge is 0.153 e. The molecule has 0 amide bonds. The predicted octanol–water partition coefficient (Wildman–Crippen LogP) is 2.81. The van der Waals surface area contributed by atoms with Crippen molar-refractivity contribution in [3.8, 4) is 5.75 Å². The fraction of sp³-hybridized carbons (Fsp3) is 0.333. The molecule has 0 unspecified atom stereocenters. The minimum atomic E-state index is -0.0325. The van der Waals surface area contributed by atoms with Crippen LogP contribution < -0.4 is 10.5 Å². The molecule has 0 spiro atoms. The number of ether oxygens (including phenoxy) is 2. The van der Waals surface area contributed by atoms with E-state index in [2.05, 4.69) is 24.0 Å². The van der Waals surface area contributed by atoms with Crippen molar-refractivity contribution in [2.45, 2.75) is 20.0 Å². The number of methoxy groups -OCH3 is 1. The standard InChI is InChI=1S/C14H17NO3.CH5N/c1-9(2)18-14-7-12(10(3)17-5)13(15-4)6-11(14)8-16;1-2/h6-9H,3-4H2,1-2,5H3;2H2,1H3. The van der Waals surface area contributed by atoms with Crippen molar-refractivity contribution in [3.05, 3.63) is 29.8 Å². The highest BCUT2D eigenvalue weighted by Gasteiger charge is 2.13. The van der Waals surface area contributed by atoms with Crippen LogP contribution in [-0.2, 0) is 4.74 Å². The number of hydrogen-bond donors (Lipinski definition) is 1. The maximum absolute atomic E-state index is 11.0. The van der Waals surface area contributed by atoms with Gasteiger partial charge in [-0.2, -0.15) is 0 Å². The van der Waals surface area contributed by atoms with Crippen LogP contribution in [0.25, 0.3) is 5.76 Å². The van der Waals surface area contributed by atoms with Gasteiger partial charge in [-0.15, -0.1) is 0 Å². The lowest BCUT2D eigenvalue weighted by Gasteiger charge is -2.15. The molecule has 0 aromatic heterocycles. The normalized spacial score (nSPS) is 9.30. The molecular weight excluding hydrogens is 256 g/mol. The van der Waals surface area contributed by atoms with Crippen LogP contribution in [0.5, 0.6) is 5.75 Å². The first-order valence-corrected chi connectivity index (χ1v) is 6.11. The summed E-state index contributed by atoms with van der Waals surface area (Å²) in [7, 11) is 3.02. The SMILES string of the molecule is C=Nc1cc(C=O)c(OC(C)C)cc1C(=C)OC.CN. The Balaban J connectivity index is 0.00000172. The Morgan fingerprint density at radius 3 is 2.40 bits per heavy atom. The van der Waals surface area contributed by atoms with Gasteiger partial charge in [-0.1, -0.05) is 6.58 Å². The van der Waals surface area contributed by atoms with Crippen molar-refractivity contribution < 1.29 is 14.3 Å². The molecule has 0 heterocycles. The fourth-order valence-electron chi connectivity index (χ4n) is 1.50. The van der Waals surface area contributed by atoms with Gasteiger partial charge in [-0.25, -0.2) is 0 Å². The summed E-state index contributed by atoms with van der Waals surface area (Å²) < 4.78 is 10.7. The van der Waals surface area contributed by atoms with Crippen LogP contribution in [-0.4, -0.2) is 33.3 Å².